The van der Waals surface area contributed by atoms with Crippen LogP contribution in [-0.4, -0.2) is 18.1 Å². The van der Waals surface area contributed by atoms with Crippen molar-refractivity contribution < 1.29 is 0 Å². The summed E-state index contributed by atoms with van der Waals surface area (Å²) in [6.07, 6.45) is 1.88. The minimum atomic E-state index is 1.02. The lowest BCUT2D eigenvalue weighted by atomic mass is 10.1. The molecule has 0 bridgehead atoms. The van der Waals surface area contributed by atoms with Crippen LogP contribution in [0.25, 0.3) is 10.9 Å². The standard InChI is InChI=1S/C13H15BrN2/c1-3-16(4-2)13-7-8-15-12-6-5-10(14)9-11(12)13/h5-9H,3-4H2,1-2H3. The van der Waals surface area contributed by atoms with Crippen molar-refractivity contribution in [2.24, 2.45) is 0 Å². The maximum absolute atomic E-state index is 4.39. The fourth-order valence-electron chi connectivity index (χ4n) is 1.94. The van der Waals surface area contributed by atoms with Crippen molar-refractivity contribution in [1.29, 1.82) is 0 Å². The molecule has 1 aromatic heterocycles. The highest BCUT2D eigenvalue weighted by Gasteiger charge is 2.07. The lowest BCUT2D eigenvalue weighted by molar-refractivity contribution is 0.870. The molecule has 2 rings (SSSR count). The van der Waals surface area contributed by atoms with E-state index >= 15 is 0 Å². The van der Waals surface area contributed by atoms with Gasteiger partial charge in [-0.1, -0.05) is 15.9 Å². The summed E-state index contributed by atoms with van der Waals surface area (Å²) in [4.78, 5) is 6.73. The van der Waals surface area contributed by atoms with Crippen molar-refractivity contribution in [3.63, 3.8) is 0 Å². The molecule has 0 atom stereocenters. The van der Waals surface area contributed by atoms with Crippen molar-refractivity contribution in [1.82, 2.24) is 4.98 Å². The molecule has 0 aliphatic carbocycles. The van der Waals surface area contributed by atoms with Crippen LogP contribution in [0, 0.1) is 0 Å². The van der Waals surface area contributed by atoms with Gasteiger partial charge in [-0.05, 0) is 38.1 Å². The Morgan fingerprint density at radius 3 is 2.62 bits per heavy atom. The van der Waals surface area contributed by atoms with Gasteiger partial charge in [0, 0.05) is 34.8 Å². The Kier molecular flexibility index (Phi) is 3.44. The number of hydrogen-bond donors (Lipinski definition) is 0. The van der Waals surface area contributed by atoms with E-state index in [4.69, 9.17) is 0 Å². The number of anilines is 1. The summed E-state index contributed by atoms with van der Waals surface area (Å²) >= 11 is 3.51. The molecule has 0 unspecified atom stereocenters. The van der Waals surface area contributed by atoms with E-state index < -0.39 is 0 Å². The average Bonchev–Trinajstić information content (AvgIpc) is 2.31. The zero-order chi connectivity index (χ0) is 11.5. The number of hydrogen-bond acceptors (Lipinski definition) is 2. The molecule has 0 fully saturated rings. The van der Waals surface area contributed by atoms with E-state index in [1.54, 1.807) is 0 Å². The van der Waals surface area contributed by atoms with Gasteiger partial charge in [0.15, 0.2) is 0 Å². The van der Waals surface area contributed by atoms with Crippen molar-refractivity contribution in [3.05, 3.63) is 34.9 Å². The van der Waals surface area contributed by atoms with Gasteiger partial charge in [0.2, 0.25) is 0 Å². The van der Waals surface area contributed by atoms with Gasteiger partial charge in [-0.2, -0.15) is 0 Å². The third-order valence-electron chi connectivity index (χ3n) is 2.78. The molecule has 2 aromatic rings. The van der Waals surface area contributed by atoms with Crippen LogP contribution in [0.3, 0.4) is 0 Å². The van der Waals surface area contributed by atoms with Gasteiger partial charge in [0.05, 0.1) is 5.52 Å². The van der Waals surface area contributed by atoms with E-state index in [2.05, 4.69) is 51.8 Å². The number of nitrogens with zero attached hydrogens (tertiary/aromatic N) is 2. The molecule has 0 radical (unpaired) electrons. The number of pyridine rings is 1. The van der Waals surface area contributed by atoms with Gasteiger partial charge in [-0.15, -0.1) is 0 Å². The predicted octanol–water partition coefficient (Wildman–Crippen LogP) is 3.84. The van der Waals surface area contributed by atoms with E-state index in [1.165, 1.54) is 11.1 Å². The molecule has 1 aromatic carbocycles. The van der Waals surface area contributed by atoms with E-state index in [0.717, 1.165) is 23.1 Å². The molecule has 0 aliphatic rings. The van der Waals surface area contributed by atoms with E-state index in [-0.39, 0.29) is 0 Å². The van der Waals surface area contributed by atoms with Gasteiger partial charge in [-0.25, -0.2) is 0 Å². The molecular formula is C13H15BrN2. The first kappa shape index (κ1) is 11.4. The van der Waals surface area contributed by atoms with Crippen molar-refractivity contribution in [2.75, 3.05) is 18.0 Å². The second-order valence-electron chi connectivity index (χ2n) is 3.66. The molecule has 84 valence electrons. The second-order valence-corrected chi connectivity index (χ2v) is 4.58. The first-order chi connectivity index (χ1) is 7.76. The molecule has 0 saturated carbocycles. The van der Waals surface area contributed by atoms with Gasteiger partial charge in [0.1, 0.15) is 0 Å². The lowest BCUT2D eigenvalue weighted by Gasteiger charge is -2.22. The number of fused-ring (bicyclic) bond motifs is 1. The topological polar surface area (TPSA) is 16.1 Å². The summed E-state index contributed by atoms with van der Waals surface area (Å²) in [5.74, 6) is 0. The fourth-order valence-corrected chi connectivity index (χ4v) is 2.31. The van der Waals surface area contributed by atoms with Crippen molar-refractivity contribution in [2.45, 2.75) is 13.8 Å². The lowest BCUT2D eigenvalue weighted by Crippen LogP contribution is -2.22. The van der Waals surface area contributed by atoms with Crippen LogP contribution in [0.5, 0.6) is 0 Å². The Labute approximate surface area is 104 Å². The maximum atomic E-state index is 4.39. The van der Waals surface area contributed by atoms with Crippen LogP contribution < -0.4 is 4.90 Å². The third-order valence-corrected chi connectivity index (χ3v) is 3.28. The zero-order valence-corrected chi connectivity index (χ0v) is 11.2. The predicted molar refractivity (Wildman–Crippen MR) is 73.0 cm³/mol. The van der Waals surface area contributed by atoms with E-state index in [1.807, 2.05) is 18.3 Å². The highest BCUT2D eigenvalue weighted by atomic mass is 79.9. The Hall–Kier alpha value is -1.09. The Morgan fingerprint density at radius 1 is 1.19 bits per heavy atom. The van der Waals surface area contributed by atoms with Gasteiger partial charge >= 0.3 is 0 Å². The van der Waals surface area contributed by atoms with E-state index in [9.17, 15) is 0 Å². The molecule has 0 saturated heterocycles. The van der Waals surface area contributed by atoms with Crippen LogP contribution >= 0.6 is 15.9 Å². The number of halogens is 1. The van der Waals surface area contributed by atoms with Crippen molar-refractivity contribution in [3.8, 4) is 0 Å². The molecule has 16 heavy (non-hydrogen) atoms. The molecule has 2 nitrogen and oxygen atoms in total. The monoisotopic (exact) mass is 278 g/mol. The number of rotatable bonds is 3. The van der Waals surface area contributed by atoms with Gasteiger partial charge < -0.3 is 4.90 Å². The summed E-state index contributed by atoms with van der Waals surface area (Å²) in [5, 5.41) is 1.21. The Morgan fingerprint density at radius 2 is 1.94 bits per heavy atom. The average molecular weight is 279 g/mol. The van der Waals surface area contributed by atoms with Gasteiger partial charge in [-0.3, -0.25) is 4.98 Å². The smallest absolute Gasteiger partial charge is 0.0723 e. The largest absolute Gasteiger partial charge is 0.371 e. The highest BCUT2D eigenvalue weighted by Crippen LogP contribution is 2.27. The summed E-state index contributed by atoms with van der Waals surface area (Å²) in [7, 11) is 0. The minimum absolute atomic E-state index is 1.02. The first-order valence-corrected chi connectivity index (χ1v) is 6.34. The molecule has 0 amide bonds. The van der Waals surface area contributed by atoms with Crippen LogP contribution in [0.15, 0.2) is 34.9 Å². The molecule has 1 heterocycles. The molecule has 3 heteroatoms. The summed E-state index contributed by atoms with van der Waals surface area (Å²) in [5.41, 5.74) is 2.31. The van der Waals surface area contributed by atoms with E-state index in [0.29, 0.717) is 0 Å². The molecule has 0 spiro atoms. The zero-order valence-electron chi connectivity index (χ0n) is 9.57. The second kappa shape index (κ2) is 4.83. The minimum Gasteiger partial charge on any atom is -0.371 e. The fraction of sp³-hybridized carbons (Fsp3) is 0.308. The van der Waals surface area contributed by atoms with Crippen LogP contribution in [0.1, 0.15) is 13.8 Å². The molecule has 0 N–H and O–H groups in total. The number of benzene rings is 1. The highest BCUT2D eigenvalue weighted by molar-refractivity contribution is 9.10. The first-order valence-electron chi connectivity index (χ1n) is 5.55. The third kappa shape index (κ3) is 2.05. The summed E-state index contributed by atoms with van der Waals surface area (Å²) < 4.78 is 1.10. The van der Waals surface area contributed by atoms with Crippen LogP contribution in [0.4, 0.5) is 5.69 Å². The molecule has 0 aliphatic heterocycles. The SMILES string of the molecule is CCN(CC)c1ccnc2ccc(Br)cc12. The normalized spacial score (nSPS) is 10.7. The Bertz CT molecular complexity index is 492. The summed E-state index contributed by atoms with van der Waals surface area (Å²) in [6.45, 7) is 6.38. The van der Waals surface area contributed by atoms with Crippen molar-refractivity contribution >= 4 is 32.5 Å². The van der Waals surface area contributed by atoms with Crippen LogP contribution in [0.2, 0.25) is 0 Å². The van der Waals surface area contributed by atoms with Gasteiger partial charge in [0.25, 0.3) is 0 Å². The quantitative estimate of drug-likeness (QED) is 0.848. The summed E-state index contributed by atoms with van der Waals surface area (Å²) in [6, 6.07) is 8.30. The van der Waals surface area contributed by atoms with Crippen LogP contribution in [-0.2, 0) is 0 Å². The Balaban J connectivity index is 2.64. The maximum Gasteiger partial charge on any atom is 0.0723 e. The molecular weight excluding hydrogens is 264 g/mol. The number of aromatic nitrogens is 1.